The highest BCUT2D eigenvalue weighted by atomic mass is 14.5. The molecule has 0 heterocycles. The molecule has 0 aliphatic heterocycles. The van der Waals surface area contributed by atoms with Crippen LogP contribution < -0.4 is 5.73 Å². The maximum atomic E-state index is 5.45. The molecule has 1 atom stereocenters. The molecule has 66 valence electrons. The monoisotopic (exact) mass is 155 g/mol. The van der Waals surface area contributed by atoms with E-state index in [1.807, 2.05) is 0 Å². The zero-order valence-corrected chi connectivity index (χ0v) is 8.06. The fourth-order valence-electron chi connectivity index (χ4n) is 1.09. The fourth-order valence-corrected chi connectivity index (χ4v) is 1.09. The Morgan fingerprint density at radius 3 is 2.45 bits per heavy atom. The van der Waals surface area contributed by atoms with Gasteiger partial charge in [-0.05, 0) is 45.6 Å². The van der Waals surface area contributed by atoms with Crippen molar-refractivity contribution in [3.8, 4) is 0 Å². The van der Waals surface area contributed by atoms with Crippen molar-refractivity contribution in [2.24, 2.45) is 11.7 Å². The Morgan fingerprint density at radius 1 is 1.36 bits per heavy atom. The van der Waals surface area contributed by atoms with E-state index < -0.39 is 0 Å². The van der Waals surface area contributed by atoms with E-state index in [9.17, 15) is 0 Å². The van der Waals surface area contributed by atoms with Crippen LogP contribution in [0.25, 0.3) is 0 Å². The SMILES string of the molecule is CC(C)=CCC[C@H](C)CCN. The minimum Gasteiger partial charge on any atom is -0.330 e. The number of nitrogens with two attached hydrogens (primary N) is 1. The minimum absolute atomic E-state index is 0.788. The molecule has 0 amide bonds. The van der Waals surface area contributed by atoms with Crippen molar-refractivity contribution >= 4 is 0 Å². The van der Waals surface area contributed by atoms with Crippen LogP contribution in [-0.4, -0.2) is 6.54 Å². The molecule has 1 heteroatoms. The maximum absolute atomic E-state index is 5.45. The molecular weight excluding hydrogens is 134 g/mol. The molecule has 0 aromatic rings. The largest absolute Gasteiger partial charge is 0.330 e. The molecule has 0 bridgehead atoms. The summed E-state index contributed by atoms with van der Waals surface area (Å²) in [6, 6.07) is 0. The Kier molecular flexibility index (Phi) is 6.24. The first-order valence-corrected chi connectivity index (χ1v) is 4.50. The molecular formula is C10H21N. The Bertz CT molecular complexity index is 112. The fraction of sp³-hybridized carbons (Fsp3) is 0.800. The second kappa shape index (κ2) is 6.41. The first kappa shape index (κ1) is 10.7. The molecule has 0 aliphatic carbocycles. The standard InChI is InChI=1S/C10H21N/c1-9(2)5-4-6-10(3)7-8-11/h5,10H,4,6-8,11H2,1-3H3/t10-/m0/s1. The van der Waals surface area contributed by atoms with Crippen molar-refractivity contribution in [3.05, 3.63) is 11.6 Å². The highest BCUT2D eigenvalue weighted by Gasteiger charge is 1.97. The second-order valence-corrected chi connectivity index (χ2v) is 3.54. The van der Waals surface area contributed by atoms with Gasteiger partial charge in [0.25, 0.3) is 0 Å². The molecule has 0 aliphatic rings. The first-order valence-electron chi connectivity index (χ1n) is 4.50. The second-order valence-electron chi connectivity index (χ2n) is 3.54. The molecule has 1 nitrogen and oxygen atoms in total. The van der Waals surface area contributed by atoms with Crippen LogP contribution in [0.1, 0.15) is 40.0 Å². The molecule has 0 fully saturated rings. The van der Waals surface area contributed by atoms with Crippen molar-refractivity contribution in [3.63, 3.8) is 0 Å². The van der Waals surface area contributed by atoms with Crippen LogP contribution in [0.4, 0.5) is 0 Å². The van der Waals surface area contributed by atoms with E-state index >= 15 is 0 Å². The third kappa shape index (κ3) is 7.60. The first-order chi connectivity index (χ1) is 5.16. The van der Waals surface area contributed by atoms with Crippen LogP contribution in [0.2, 0.25) is 0 Å². The lowest BCUT2D eigenvalue weighted by Crippen LogP contribution is -2.05. The predicted molar refractivity (Wildman–Crippen MR) is 51.5 cm³/mol. The molecule has 2 N–H and O–H groups in total. The summed E-state index contributed by atoms with van der Waals surface area (Å²) < 4.78 is 0. The van der Waals surface area contributed by atoms with E-state index in [1.54, 1.807) is 0 Å². The summed E-state index contributed by atoms with van der Waals surface area (Å²) in [5, 5.41) is 0. The quantitative estimate of drug-likeness (QED) is 0.607. The van der Waals surface area contributed by atoms with Crippen LogP contribution >= 0.6 is 0 Å². The van der Waals surface area contributed by atoms with Gasteiger partial charge < -0.3 is 5.73 Å². The smallest absolute Gasteiger partial charge is 0.00747 e. The van der Waals surface area contributed by atoms with Gasteiger partial charge in [0.05, 0.1) is 0 Å². The summed E-state index contributed by atoms with van der Waals surface area (Å²) in [5.41, 5.74) is 6.87. The van der Waals surface area contributed by atoms with Crippen LogP contribution in [0.15, 0.2) is 11.6 Å². The lowest BCUT2D eigenvalue weighted by atomic mass is 10.0. The molecule has 0 saturated heterocycles. The highest BCUT2D eigenvalue weighted by Crippen LogP contribution is 2.10. The van der Waals surface area contributed by atoms with Gasteiger partial charge >= 0.3 is 0 Å². The van der Waals surface area contributed by atoms with E-state index in [4.69, 9.17) is 5.73 Å². The Balaban J connectivity index is 3.31. The number of rotatable bonds is 5. The molecule has 0 spiro atoms. The lowest BCUT2D eigenvalue weighted by molar-refractivity contribution is 0.504. The Morgan fingerprint density at radius 2 is 2.00 bits per heavy atom. The van der Waals surface area contributed by atoms with Gasteiger partial charge in [0, 0.05) is 0 Å². The molecule has 0 radical (unpaired) electrons. The summed E-state index contributed by atoms with van der Waals surface area (Å²) in [5.74, 6) is 0.788. The third-order valence-corrected chi connectivity index (χ3v) is 1.87. The van der Waals surface area contributed by atoms with Crippen LogP contribution in [0.5, 0.6) is 0 Å². The average molecular weight is 155 g/mol. The summed E-state index contributed by atoms with van der Waals surface area (Å²) in [6.45, 7) is 7.39. The van der Waals surface area contributed by atoms with Gasteiger partial charge in [0.1, 0.15) is 0 Å². The average Bonchev–Trinajstić information content (AvgIpc) is 1.87. The topological polar surface area (TPSA) is 26.0 Å². The van der Waals surface area contributed by atoms with Crippen molar-refractivity contribution in [1.29, 1.82) is 0 Å². The molecule has 0 rings (SSSR count). The summed E-state index contributed by atoms with van der Waals surface area (Å²) >= 11 is 0. The van der Waals surface area contributed by atoms with Crippen LogP contribution in [0, 0.1) is 5.92 Å². The van der Waals surface area contributed by atoms with Gasteiger partial charge in [0.2, 0.25) is 0 Å². The van der Waals surface area contributed by atoms with Crippen molar-refractivity contribution < 1.29 is 0 Å². The number of allylic oxidation sites excluding steroid dienone is 2. The number of hydrogen-bond donors (Lipinski definition) is 1. The van der Waals surface area contributed by atoms with Gasteiger partial charge in [-0.3, -0.25) is 0 Å². The molecule has 0 aromatic heterocycles. The van der Waals surface area contributed by atoms with Gasteiger partial charge in [-0.25, -0.2) is 0 Å². The normalized spacial score (nSPS) is 12.7. The zero-order chi connectivity index (χ0) is 8.69. The van der Waals surface area contributed by atoms with E-state index in [0.29, 0.717) is 0 Å². The van der Waals surface area contributed by atoms with Gasteiger partial charge in [-0.2, -0.15) is 0 Å². The van der Waals surface area contributed by atoms with Crippen LogP contribution in [-0.2, 0) is 0 Å². The van der Waals surface area contributed by atoms with E-state index in [0.717, 1.165) is 18.9 Å². The highest BCUT2D eigenvalue weighted by molar-refractivity contribution is 4.92. The van der Waals surface area contributed by atoms with Gasteiger partial charge in [0.15, 0.2) is 0 Å². The van der Waals surface area contributed by atoms with E-state index in [-0.39, 0.29) is 0 Å². The Labute approximate surface area is 70.7 Å². The van der Waals surface area contributed by atoms with Crippen molar-refractivity contribution in [2.75, 3.05) is 6.54 Å². The summed E-state index contributed by atoms with van der Waals surface area (Å²) in [6.07, 6.45) is 5.95. The van der Waals surface area contributed by atoms with Crippen molar-refractivity contribution in [1.82, 2.24) is 0 Å². The molecule has 0 saturated carbocycles. The predicted octanol–water partition coefficient (Wildman–Crippen LogP) is 2.72. The van der Waals surface area contributed by atoms with E-state index in [2.05, 4.69) is 26.8 Å². The molecule has 0 unspecified atom stereocenters. The van der Waals surface area contributed by atoms with Crippen molar-refractivity contribution in [2.45, 2.75) is 40.0 Å². The third-order valence-electron chi connectivity index (χ3n) is 1.87. The summed E-state index contributed by atoms with van der Waals surface area (Å²) in [7, 11) is 0. The molecule has 0 aromatic carbocycles. The zero-order valence-electron chi connectivity index (χ0n) is 8.06. The Hall–Kier alpha value is -0.300. The molecule has 11 heavy (non-hydrogen) atoms. The van der Waals surface area contributed by atoms with E-state index in [1.165, 1.54) is 18.4 Å². The van der Waals surface area contributed by atoms with Crippen LogP contribution in [0.3, 0.4) is 0 Å². The van der Waals surface area contributed by atoms with Gasteiger partial charge in [-0.15, -0.1) is 0 Å². The lowest BCUT2D eigenvalue weighted by Gasteiger charge is -2.06. The summed E-state index contributed by atoms with van der Waals surface area (Å²) in [4.78, 5) is 0. The number of hydrogen-bond acceptors (Lipinski definition) is 1. The van der Waals surface area contributed by atoms with Gasteiger partial charge in [-0.1, -0.05) is 18.6 Å². The minimum atomic E-state index is 0.788. The maximum Gasteiger partial charge on any atom is -0.00747 e.